The molecule has 0 aromatic heterocycles. The zero-order chi connectivity index (χ0) is 18.8. The zero-order valence-corrected chi connectivity index (χ0v) is 16.6. The molecule has 0 spiro atoms. The number of amides is 1. The van der Waals surface area contributed by atoms with Gasteiger partial charge in [-0.15, -0.1) is 0 Å². The van der Waals surface area contributed by atoms with Crippen LogP contribution in [0.15, 0.2) is 30.3 Å². The van der Waals surface area contributed by atoms with Crippen LogP contribution in [0.1, 0.15) is 33.1 Å². The van der Waals surface area contributed by atoms with Crippen LogP contribution in [0.4, 0.5) is 0 Å². The van der Waals surface area contributed by atoms with Crippen LogP contribution in [-0.2, 0) is 12.8 Å². The summed E-state index contributed by atoms with van der Waals surface area (Å²) in [5, 5.41) is 4.65. The van der Waals surface area contributed by atoms with Gasteiger partial charge in [-0.2, -0.15) is 0 Å². The van der Waals surface area contributed by atoms with Gasteiger partial charge in [-0.25, -0.2) is 0 Å². The molecule has 0 saturated heterocycles. The van der Waals surface area contributed by atoms with E-state index >= 15 is 0 Å². The molecule has 0 aliphatic carbocycles. The standard InChI is InChI=1S/C20H22Cl2N2O2/c1-24(2)20(25)15-11-14-13(10-19(15)26-3)6-7-23-18(14)9-12-4-5-16(21)17(22)8-12/h4-5,8,10-11,18,23H,6-7,9H2,1-3H3. The Balaban J connectivity index is 1.98. The Morgan fingerprint density at radius 2 is 2.00 bits per heavy atom. The first kappa shape index (κ1) is 19.0. The summed E-state index contributed by atoms with van der Waals surface area (Å²) < 4.78 is 5.47. The number of methoxy groups -OCH3 is 1. The van der Waals surface area contributed by atoms with E-state index in [2.05, 4.69) is 5.32 Å². The van der Waals surface area contributed by atoms with Crippen molar-refractivity contribution in [2.75, 3.05) is 27.7 Å². The minimum Gasteiger partial charge on any atom is -0.496 e. The van der Waals surface area contributed by atoms with Gasteiger partial charge in [-0.05, 0) is 60.3 Å². The molecule has 0 fully saturated rings. The highest BCUT2D eigenvalue weighted by atomic mass is 35.5. The van der Waals surface area contributed by atoms with Crippen molar-refractivity contribution < 1.29 is 9.53 Å². The number of ether oxygens (including phenoxy) is 1. The maximum absolute atomic E-state index is 12.6. The quantitative estimate of drug-likeness (QED) is 0.849. The van der Waals surface area contributed by atoms with Crippen LogP contribution in [0.3, 0.4) is 0 Å². The number of halogens is 2. The topological polar surface area (TPSA) is 41.6 Å². The highest BCUT2D eigenvalue weighted by Gasteiger charge is 2.25. The van der Waals surface area contributed by atoms with E-state index in [0.29, 0.717) is 21.4 Å². The molecule has 1 N–H and O–H groups in total. The summed E-state index contributed by atoms with van der Waals surface area (Å²) in [6.07, 6.45) is 1.67. The highest BCUT2D eigenvalue weighted by molar-refractivity contribution is 6.42. The Bertz CT molecular complexity index is 837. The summed E-state index contributed by atoms with van der Waals surface area (Å²) in [4.78, 5) is 14.1. The molecule has 2 aromatic rings. The molecule has 26 heavy (non-hydrogen) atoms. The van der Waals surface area contributed by atoms with E-state index in [1.807, 2.05) is 30.3 Å². The van der Waals surface area contributed by atoms with E-state index in [1.165, 1.54) is 5.56 Å². The average molecular weight is 393 g/mol. The lowest BCUT2D eigenvalue weighted by Crippen LogP contribution is -2.32. The van der Waals surface area contributed by atoms with Crippen molar-refractivity contribution in [3.8, 4) is 5.75 Å². The van der Waals surface area contributed by atoms with Crippen molar-refractivity contribution >= 4 is 29.1 Å². The monoisotopic (exact) mass is 392 g/mol. The van der Waals surface area contributed by atoms with Crippen molar-refractivity contribution in [2.24, 2.45) is 0 Å². The first-order valence-electron chi connectivity index (χ1n) is 8.50. The minimum atomic E-state index is -0.0662. The number of hydrogen-bond acceptors (Lipinski definition) is 3. The Morgan fingerprint density at radius 3 is 2.65 bits per heavy atom. The van der Waals surface area contributed by atoms with Gasteiger partial charge in [-0.3, -0.25) is 4.79 Å². The predicted octanol–water partition coefficient (Wildman–Crippen LogP) is 4.13. The van der Waals surface area contributed by atoms with Crippen LogP contribution in [0.25, 0.3) is 0 Å². The van der Waals surface area contributed by atoms with Gasteiger partial charge in [0.25, 0.3) is 5.91 Å². The lowest BCUT2D eigenvalue weighted by Gasteiger charge is -2.29. The summed E-state index contributed by atoms with van der Waals surface area (Å²) in [6, 6.07) is 9.77. The third kappa shape index (κ3) is 3.83. The number of benzene rings is 2. The third-order valence-electron chi connectivity index (χ3n) is 4.68. The number of nitrogens with zero attached hydrogens (tertiary/aromatic N) is 1. The summed E-state index contributed by atoms with van der Waals surface area (Å²) in [6.45, 7) is 0.878. The van der Waals surface area contributed by atoms with E-state index in [4.69, 9.17) is 27.9 Å². The van der Waals surface area contributed by atoms with Gasteiger partial charge < -0.3 is 15.0 Å². The van der Waals surface area contributed by atoms with Crippen molar-refractivity contribution in [3.63, 3.8) is 0 Å². The Hall–Kier alpha value is -1.75. The Labute approximate surface area is 164 Å². The molecule has 0 bridgehead atoms. The Kier molecular flexibility index (Phi) is 5.76. The van der Waals surface area contributed by atoms with E-state index in [0.717, 1.165) is 30.5 Å². The average Bonchev–Trinajstić information content (AvgIpc) is 2.63. The number of carbonyl (C=O) groups excluding carboxylic acids is 1. The van der Waals surface area contributed by atoms with Crippen molar-refractivity contribution in [1.82, 2.24) is 10.2 Å². The molecule has 1 aliphatic rings. The maximum atomic E-state index is 12.6. The first-order chi connectivity index (χ1) is 12.4. The van der Waals surface area contributed by atoms with Gasteiger partial charge in [-0.1, -0.05) is 29.3 Å². The molecule has 4 nitrogen and oxygen atoms in total. The molecule has 1 unspecified atom stereocenters. The van der Waals surface area contributed by atoms with Crippen molar-refractivity contribution in [2.45, 2.75) is 18.9 Å². The summed E-state index contributed by atoms with van der Waals surface area (Å²) in [5.41, 5.74) is 4.02. The first-order valence-corrected chi connectivity index (χ1v) is 9.26. The summed E-state index contributed by atoms with van der Waals surface area (Å²) >= 11 is 12.2. The van der Waals surface area contributed by atoms with Crippen LogP contribution in [0.2, 0.25) is 10.0 Å². The third-order valence-corrected chi connectivity index (χ3v) is 5.42. The van der Waals surface area contributed by atoms with Crippen LogP contribution < -0.4 is 10.1 Å². The molecule has 2 aromatic carbocycles. The molecule has 1 amide bonds. The minimum absolute atomic E-state index is 0.0662. The lowest BCUT2D eigenvalue weighted by atomic mass is 9.88. The molecule has 1 heterocycles. The fraction of sp³-hybridized carbons (Fsp3) is 0.350. The lowest BCUT2D eigenvalue weighted by molar-refractivity contribution is 0.0824. The second-order valence-electron chi connectivity index (χ2n) is 6.66. The molecule has 1 atom stereocenters. The van der Waals surface area contributed by atoms with Gasteiger partial charge in [0, 0.05) is 20.1 Å². The van der Waals surface area contributed by atoms with Gasteiger partial charge in [0.1, 0.15) is 5.75 Å². The van der Waals surface area contributed by atoms with Gasteiger partial charge in [0.05, 0.1) is 22.7 Å². The normalized spacial score (nSPS) is 16.1. The second kappa shape index (κ2) is 7.87. The maximum Gasteiger partial charge on any atom is 0.257 e. The summed E-state index contributed by atoms with van der Waals surface area (Å²) in [5.74, 6) is 0.557. The van der Waals surface area contributed by atoms with E-state index in [-0.39, 0.29) is 11.9 Å². The van der Waals surface area contributed by atoms with Gasteiger partial charge in [0.15, 0.2) is 0 Å². The van der Waals surface area contributed by atoms with Crippen molar-refractivity contribution in [1.29, 1.82) is 0 Å². The molecule has 6 heteroatoms. The number of hydrogen-bond donors (Lipinski definition) is 1. The van der Waals surface area contributed by atoms with Crippen LogP contribution in [0.5, 0.6) is 5.75 Å². The molecule has 0 saturated carbocycles. The van der Waals surface area contributed by atoms with Crippen molar-refractivity contribution in [3.05, 3.63) is 62.6 Å². The zero-order valence-electron chi connectivity index (χ0n) is 15.1. The molecule has 3 rings (SSSR count). The Morgan fingerprint density at radius 1 is 1.23 bits per heavy atom. The van der Waals surface area contributed by atoms with Gasteiger partial charge >= 0.3 is 0 Å². The largest absolute Gasteiger partial charge is 0.496 e. The predicted molar refractivity (Wildman–Crippen MR) is 106 cm³/mol. The number of rotatable bonds is 4. The number of fused-ring (bicyclic) bond motifs is 1. The van der Waals surface area contributed by atoms with Crippen LogP contribution >= 0.6 is 23.2 Å². The van der Waals surface area contributed by atoms with Gasteiger partial charge in [0.2, 0.25) is 0 Å². The smallest absolute Gasteiger partial charge is 0.257 e. The number of carbonyl (C=O) groups is 1. The van der Waals surface area contributed by atoms with E-state index in [1.54, 1.807) is 26.1 Å². The fourth-order valence-corrected chi connectivity index (χ4v) is 3.65. The molecule has 0 radical (unpaired) electrons. The molecular weight excluding hydrogens is 371 g/mol. The van der Waals surface area contributed by atoms with Crippen LogP contribution in [-0.4, -0.2) is 38.6 Å². The molecular formula is C20H22Cl2N2O2. The van der Waals surface area contributed by atoms with Crippen LogP contribution in [0, 0.1) is 0 Å². The van der Waals surface area contributed by atoms with E-state index in [9.17, 15) is 4.79 Å². The SMILES string of the molecule is COc1cc2c(cc1C(=O)N(C)C)C(Cc1ccc(Cl)c(Cl)c1)NCC2. The molecule has 138 valence electrons. The summed E-state index contributed by atoms with van der Waals surface area (Å²) in [7, 11) is 5.09. The van der Waals surface area contributed by atoms with E-state index < -0.39 is 0 Å². The molecule has 1 aliphatic heterocycles. The number of nitrogens with one attached hydrogen (secondary N) is 1. The second-order valence-corrected chi connectivity index (χ2v) is 7.47. The highest BCUT2D eigenvalue weighted by Crippen LogP contribution is 2.33. The fourth-order valence-electron chi connectivity index (χ4n) is 3.33.